The van der Waals surface area contributed by atoms with E-state index in [1.54, 1.807) is 13.2 Å². The third-order valence-corrected chi connectivity index (χ3v) is 4.44. The van der Waals surface area contributed by atoms with Crippen LogP contribution in [0.3, 0.4) is 0 Å². The van der Waals surface area contributed by atoms with Crippen molar-refractivity contribution in [3.05, 3.63) is 35.5 Å². The van der Waals surface area contributed by atoms with Crippen LogP contribution in [0.25, 0.3) is 10.9 Å². The van der Waals surface area contributed by atoms with E-state index in [0.29, 0.717) is 11.3 Å². The van der Waals surface area contributed by atoms with E-state index >= 15 is 0 Å². The van der Waals surface area contributed by atoms with Crippen LogP contribution in [0.15, 0.2) is 24.3 Å². The number of fused-ring (bicyclic) bond motifs is 1. The first-order valence-electron chi connectivity index (χ1n) is 8.01. The van der Waals surface area contributed by atoms with Crippen molar-refractivity contribution in [1.82, 2.24) is 15.2 Å². The topological polar surface area (TPSA) is 54.5 Å². The number of amides is 1. The molecule has 5 heteroatoms. The Balaban J connectivity index is 1.90. The fraction of sp³-hybridized carbons (Fsp3) is 0.444. The van der Waals surface area contributed by atoms with Crippen LogP contribution in [0.4, 0.5) is 0 Å². The molecule has 0 saturated carbocycles. The minimum atomic E-state index is -0.0680. The SMILES string of the molecule is COc1cc(C(=O)NC2CCN(C)CC2)c2nc(C)ccc2c1. The Labute approximate surface area is 136 Å². The van der Waals surface area contributed by atoms with E-state index < -0.39 is 0 Å². The highest BCUT2D eigenvalue weighted by atomic mass is 16.5. The Kier molecular flexibility index (Phi) is 4.48. The lowest BCUT2D eigenvalue weighted by Crippen LogP contribution is -2.43. The van der Waals surface area contributed by atoms with Gasteiger partial charge in [0.2, 0.25) is 0 Å². The number of rotatable bonds is 3. The van der Waals surface area contributed by atoms with Gasteiger partial charge in [-0.3, -0.25) is 9.78 Å². The zero-order valence-electron chi connectivity index (χ0n) is 13.9. The number of nitrogens with zero attached hydrogens (tertiary/aromatic N) is 2. The van der Waals surface area contributed by atoms with Crippen LogP contribution < -0.4 is 10.1 Å². The normalized spacial score (nSPS) is 16.5. The third kappa shape index (κ3) is 3.45. The number of benzene rings is 1. The standard InChI is InChI=1S/C18H23N3O2/c1-12-4-5-13-10-15(23-3)11-16(17(13)19-12)18(22)20-14-6-8-21(2)9-7-14/h4-5,10-11,14H,6-9H2,1-3H3,(H,20,22). The molecule has 0 unspecified atom stereocenters. The van der Waals surface area contributed by atoms with E-state index in [1.165, 1.54) is 0 Å². The fourth-order valence-electron chi connectivity index (χ4n) is 3.01. The molecule has 1 aromatic carbocycles. The number of carbonyl (C=O) groups is 1. The van der Waals surface area contributed by atoms with Crippen molar-refractivity contribution in [1.29, 1.82) is 0 Å². The zero-order valence-corrected chi connectivity index (χ0v) is 13.9. The van der Waals surface area contributed by atoms with Gasteiger partial charge < -0.3 is 15.0 Å². The number of ether oxygens (including phenoxy) is 1. The van der Waals surface area contributed by atoms with Gasteiger partial charge in [0.05, 0.1) is 18.2 Å². The highest BCUT2D eigenvalue weighted by Gasteiger charge is 2.21. The molecule has 1 fully saturated rings. The highest BCUT2D eigenvalue weighted by molar-refractivity contribution is 6.06. The fourth-order valence-corrected chi connectivity index (χ4v) is 3.01. The molecule has 1 saturated heterocycles. The number of likely N-dealkylation sites (tertiary alicyclic amines) is 1. The predicted octanol–water partition coefficient (Wildman–Crippen LogP) is 2.38. The Morgan fingerprint density at radius 3 is 2.74 bits per heavy atom. The number of hydrogen-bond donors (Lipinski definition) is 1. The average molecular weight is 313 g/mol. The lowest BCUT2D eigenvalue weighted by molar-refractivity contribution is 0.0918. The molecule has 1 aromatic heterocycles. The molecule has 5 nitrogen and oxygen atoms in total. The van der Waals surface area contributed by atoms with E-state index in [1.807, 2.05) is 25.1 Å². The number of pyridine rings is 1. The van der Waals surface area contributed by atoms with Crippen molar-refractivity contribution in [2.24, 2.45) is 0 Å². The summed E-state index contributed by atoms with van der Waals surface area (Å²) in [5.41, 5.74) is 2.22. The van der Waals surface area contributed by atoms with Crippen LogP contribution in [0.2, 0.25) is 0 Å². The maximum Gasteiger partial charge on any atom is 0.253 e. The first-order valence-corrected chi connectivity index (χ1v) is 8.01. The summed E-state index contributed by atoms with van der Waals surface area (Å²) in [7, 11) is 3.72. The van der Waals surface area contributed by atoms with E-state index in [2.05, 4.69) is 22.2 Å². The summed E-state index contributed by atoms with van der Waals surface area (Å²) >= 11 is 0. The molecule has 0 spiro atoms. The lowest BCUT2D eigenvalue weighted by atomic mass is 10.0. The minimum Gasteiger partial charge on any atom is -0.497 e. The number of nitrogens with one attached hydrogen (secondary N) is 1. The lowest BCUT2D eigenvalue weighted by Gasteiger charge is -2.29. The molecule has 1 amide bonds. The first kappa shape index (κ1) is 15.7. The third-order valence-electron chi connectivity index (χ3n) is 4.44. The number of carbonyl (C=O) groups excluding carboxylic acids is 1. The van der Waals surface area contributed by atoms with Crippen molar-refractivity contribution in [3.8, 4) is 5.75 Å². The summed E-state index contributed by atoms with van der Waals surface area (Å²) in [4.78, 5) is 19.6. The Morgan fingerprint density at radius 2 is 2.04 bits per heavy atom. The second-order valence-electron chi connectivity index (χ2n) is 6.25. The van der Waals surface area contributed by atoms with Crippen molar-refractivity contribution in [2.45, 2.75) is 25.8 Å². The molecule has 0 radical (unpaired) electrons. The van der Waals surface area contributed by atoms with Gasteiger partial charge in [0.25, 0.3) is 5.91 Å². The van der Waals surface area contributed by atoms with Crippen molar-refractivity contribution in [2.75, 3.05) is 27.2 Å². The van der Waals surface area contributed by atoms with Crippen molar-refractivity contribution >= 4 is 16.8 Å². The number of piperidine rings is 1. The number of aromatic nitrogens is 1. The molecule has 23 heavy (non-hydrogen) atoms. The Hall–Kier alpha value is -2.14. The van der Waals surface area contributed by atoms with E-state index in [9.17, 15) is 4.79 Å². The van der Waals surface area contributed by atoms with E-state index in [0.717, 1.165) is 42.5 Å². The van der Waals surface area contributed by atoms with E-state index in [-0.39, 0.29) is 11.9 Å². The Bertz CT molecular complexity index is 722. The second kappa shape index (κ2) is 6.54. The largest absolute Gasteiger partial charge is 0.497 e. The molecule has 1 aliphatic rings. The van der Waals surface area contributed by atoms with Crippen LogP contribution in [0.1, 0.15) is 28.9 Å². The zero-order chi connectivity index (χ0) is 16.4. The Morgan fingerprint density at radius 1 is 1.30 bits per heavy atom. The molecule has 1 aliphatic heterocycles. The van der Waals surface area contributed by atoms with Crippen LogP contribution in [-0.4, -0.2) is 49.1 Å². The monoisotopic (exact) mass is 313 g/mol. The average Bonchev–Trinajstić information content (AvgIpc) is 2.56. The number of methoxy groups -OCH3 is 1. The first-order chi connectivity index (χ1) is 11.1. The van der Waals surface area contributed by atoms with Gasteiger partial charge in [0.1, 0.15) is 5.75 Å². The molecule has 2 heterocycles. The van der Waals surface area contributed by atoms with Crippen molar-refractivity contribution < 1.29 is 9.53 Å². The predicted molar refractivity (Wildman–Crippen MR) is 91.0 cm³/mol. The number of aryl methyl sites for hydroxylation is 1. The molecular weight excluding hydrogens is 290 g/mol. The molecule has 1 N–H and O–H groups in total. The molecule has 0 atom stereocenters. The smallest absolute Gasteiger partial charge is 0.253 e. The summed E-state index contributed by atoms with van der Waals surface area (Å²) in [6.45, 7) is 3.96. The van der Waals surface area contributed by atoms with E-state index in [4.69, 9.17) is 4.74 Å². The summed E-state index contributed by atoms with van der Waals surface area (Å²) in [6, 6.07) is 7.84. The summed E-state index contributed by atoms with van der Waals surface area (Å²) in [5.74, 6) is 0.609. The van der Waals surface area contributed by atoms with Crippen LogP contribution in [0.5, 0.6) is 5.75 Å². The molecule has 0 bridgehead atoms. The minimum absolute atomic E-state index is 0.0680. The van der Waals surface area contributed by atoms with Gasteiger partial charge in [-0.15, -0.1) is 0 Å². The quantitative estimate of drug-likeness (QED) is 0.945. The van der Waals surface area contributed by atoms with Gasteiger partial charge >= 0.3 is 0 Å². The highest BCUT2D eigenvalue weighted by Crippen LogP contribution is 2.25. The summed E-state index contributed by atoms with van der Waals surface area (Å²) < 4.78 is 5.33. The van der Waals surface area contributed by atoms with Gasteiger partial charge in [-0.2, -0.15) is 0 Å². The van der Waals surface area contributed by atoms with Gasteiger partial charge in [0.15, 0.2) is 0 Å². The van der Waals surface area contributed by atoms with Gasteiger partial charge in [-0.05, 0) is 58.1 Å². The second-order valence-corrected chi connectivity index (χ2v) is 6.25. The molecule has 2 aromatic rings. The van der Waals surface area contributed by atoms with Crippen LogP contribution in [0, 0.1) is 6.92 Å². The molecule has 122 valence electrons. The molecular formula is C18H23N3O2. The number of hydrogen-bond acceptors (Lipinski definition) is 4. The maximum atomic E-state index is 12.8. The van der Waals surface area contributed by atoms with Gasteiger partial charge in [0, 0.05) is 17.1 Å². The van der Waals surface area contributed by atoms with Gasteiger partial charge in [-0.1, -0.05) is 6.07 Å². The summed E-state index contributed by atoms with van der Waals surface area (Å²) in [5, 5.41) is 4.08. The summed E-state index contributed by atoms with van der Waals surface area (Å²) in [6.07, 6.45) is 1.97. The van der Waals surface area contributed by atoms with Gasteiger partial charge in [-0.25, -0.2) is 0 Å². The van der Waals surface area contributed by atoms with Crippen LogP contribution >= 0.6 is 0 Å². The van der Waals surface area contributed by atoms with Crippen molar-refractivity contribution in [3.63, 3.8) is 0 Å². The van der Waals surface area contributed by atoms with Crippen LogP contribution in [-0.2, 0) is 0 Å². The molecule has 0 aliphatic carbocycles. The molecule has 3 rings (SSSR count). The maximum absolute atomic E-state index is 12.8.